The lowest BCUT2D eigenvalue weighted by Gasteiger charge is -2.06. The maximum absolute atomic E-state index is 5.36. The number of methoxy groups -OCH3 is 2. The SMILES string of the molecule is COc1cc(OC)cc(-c2nn3c(CSCCc4ccccc4)nnc3s2)c1. The number of aromatic nitrogens is 4. The van der Waals surface area contributed by atoms with Gasteiger partial charge >= 0.3 is 0 Å². The topological polar surface area (TPSA) is 61.5 Å². The van der Waals surface area contributed by atoms with Crippen molar-refractivity contribution in [2.24, 2.45) is 0 Å². The lowest BCUT2D eigenvalue weighted by Crippen LogP contribution is -1.96. The first kappa shape index (κ1) is 18.8. The third-order valence-electron chi connectivity index (χ3n) is 4.26. The minimum absolute atomic E-state index is 0.733. The number of benzene rings is 2. The Morgan fingerprint density at radius 2 is 1.75 bits per heavy atom. The van der Waals surface area contributed by atoms with Crippen LogP contribution in [0.3, 0.4) is 0 Å². The molecule has 0 bridgehead atoms. The van der Waals surface area contributed by atoms with Crippen LogP contribution in [0.2, 0.25) is 0 Å². The number of thioether (sulfide) groups is 1. The van der Waals surface area contributed by atoms with Gasteiger partial charge in [-0.3, -0.25) is 0 Å². The molecule has 2 aromatic heterocycles. The average Bonchev–Trinajstić information content (AvgIpc) is 3.33. The van der Waals surface area contributed by atoms with E-state index in [2.05, 4.69) is 34.5 Å². The van der Waals surface area contributed by atoms with Crippen LogP contribution in [0.5, 0.6) is 11.5 Å². The van der Waals surface area contributed by atoms with Crippen LogP contribution >= 0.6 is 23.1 Å². The van der Waals surface area contributed by atoms with Crippen LogP contribution < -0.4 is 9.47 Å². The molecule has 4 aromatic rings. The molecule has 0 fully saturated rings. The molecule has 144 valence electrons. The van der Waals surface area contributed by atoms with Gasteiger partial charge in [0.05, 0.1) is 20.0 Å². The molecule has 0 aliphatic heterocycles. The highest BCUT2D eigenvalue weighted by Gasteiger charge is 2.14. The Balaban J connectivity index is 1.48. The number of hydrogen-bond acceptors (Lipinski definition) is 7. The van der Waals surface area contributed by atoms with E-state index < -0.39 is 0 Å². The van der Waals surface area contributed by atoms with Crippen LogP contribution in [-0.4, -0.2) is 39.8 Å². The van der Waals surface area contributed by atoms with Gasteiger partial charge in [-0.1, -0.05) is 41.7 Å². The Kier molecular flexibility index (Phi) is 5.78. The lowest BCUT2D eigenvalue weighted by molar-refractivity contribution is 0.394. The van der Waals surface area contributed by atoms with Gasteiger partial charge in [-0.2, -0.15) is 21.4 Å². The normalized spacial score (nSPS) is 11.1. The van der Waals surface area contributed by atoms with E-state index in [1.807, 2.05) is 40.5 Å². The van der Waals surface area contributed by atoms with Crippen molar-refractivity contribution in [3.63, 3.8) is 0 Å². The Morgan fingerprint density at radius 1 is 1.00 bits per heavy atom. The number of aryl methyl sites for hydroxylation is 1. The molecule has 0 atom stereocenters. The molecule has 0 aliphatic carbocycles. The highest BCUT2D eigenvalue weighted by molar-refractivity contribution is 7.98. The summed E-state index contributed by atoms with van der Waals surface area (Å²) in [5.74, 6) is 4.14. The predicted molar refractivity (Wildman–Crippen MR) is 114 cm³/mol. The van der Waals surface area contributed by atoms with E-state index in [0.717, 1.165) is 50.8 Å². The van der Waals surface area contributed by atoms with Crippen molar-refractivity contribution in [3.8, 4) is 22.1 Å². The molecule has 28 heavy (non-hydrogen) atoms. The number of rotatable bonds is 8. The molecule has 0 radical (unpaired) electrons. The van der Waals surface area contributed by atoms with Crippen LogP contribution in [0.1, 0.15) is 11.4 Å². The summed E-state index contributed by atoms with van der Waals surface area (Å²) in [7, 11) is 3.28. The number of fused-ring (bicyclic) bond motifs is 1. The number of ether oxygens (including phenoxy) is 2. The van der Waals surface area contributed by atoms with Gasteiger partial charge in [-0.15, -0.1) is 10.2 Å². The maximum Gasteiger partial charge on any atom is 0.235 e. The Bertz CT molecular complexity index is 1040. The zero-order valence-electron chi connectivity index (χ0n) is 15.7. The van der Waals surface area contributed by atoms with Crippen molar-refractivity contribution in [2.45, 2.75) is 12.2 Å². The smallest absolute Gasteiger partial charge is 0.235 e. The number of hydrogen-bond donors (Lipinski definition) is 0. The van der Waals surface area contributed by atoms with Crippen molar-refractivity contribution >= 4 is 28.1 Å². The second kappa shape index (κ2) is 8.62. The maximum atomic E-state index is 5.36. The Labute approximate surface area is 171 Å². The van der Waals surface area contributed by atoms with Gasteiger partial charge in [0.15, 0.2) is 5.82 Å². The van der Waals surface area contributed by atoms with Gasteiger partial charge in [0, 0.05) is 11.6 Å². The zero-order valence-corrected chi connectivity index (χ0v) is 17.3. The monoisotopic (exact) mass is 412 g/mol. The Hall–Kier alpha value is -2.58. The molecule has 0 N–H and O–H groups in total. The van der Waals surface area contributed by atoms with Crippen molar-refractivity contribution < 1.29 is 9.47 Å². The van der Waals surface area contributed by atoms with Crippen molar-refractivity contribution in [3.05, 3.63) is 59.9 Å². The van der Waals surface area contributed by atoms with Crippen molar-refractivity contribution in [2.75, 3.05) is 20.0 Å². The zero-order chi connectivity index (χ0) is 19.3. The van der Waals surface area contributed by atoms with Crippen molar-refractivity contribution in [1.29, 1.82) is 0 Å². The summed E-state index contributed by atoms with van der Waals surface area (Å²) in [5.41, 5.74) is 2.29. The summed E-state index contributed by atoms with van der Waals surface area (Å²) >= 11 is 3.34. The van der Waals surface area contributed by atoms with Crippen LogP contribution in [-0.2, 0) is 12.2 Å². The second-order valence-corrected chi connectivity index (χ2v) is 8.17. The molecular formula is C20H20N4O2S2. The number of nitrogens with zero attached hydrogens (tertiary/aromatic N) is 4. The summed E-state index contributed by atoms with van der Waals surface area (Å²) in [6.45, 7) is 0. The van der Waals surface area contributed by atoms with Crippen LogP contribution in [0, 0.1) is 0 Å². The summed E-state index contributed by atoms with van der Waals surface area (Å²) < 4.78 is 12.6. The van der Waals surface area contributed by atoms with Crippen LogP contribution in [0.4, 0.5) is 0 Å². The van der Waals surface area contributed by atoms with E-state index in [0.29, 0.717) is 0 Å². The molecular weight excluding hydrogens is 392 g/mol. The molecule has 0 unspecified atom stereocenters. The molecule has 2 heterocycles. The lowest BCUT2D eigenvalue weighted by atomic mass is 10.2. The fourth-order valence-electron chi connectivity index (χ4n) is 2.79. The highest BCUT2D eigenvalue weighted by atomic mass is 32.2. The predicted octanol–water partition coefficient (Wildman–Crippen LogP) is 4.35. The third-order valence-corrected chi connectivity index (χ3v) is 6.17. The molecule has 6 nitrogen and oxygen atoms in total. The first-order valence-electron chi connectivity index (χ1n) is 8.83. The van der Waals surface area contributed by atoms with E-state index >= 15 is 0 Å². The highest BCUT2D eigenvalue weighted by Crippen LogP contribution is 2.32. The van der Waals surface area contributed by atoms with Gasteiger partial charge in [0.25, 0.3) is 0 Å². The van der Waals surface area contributed by atoms with Gasteiger partial charge in [-0.05, 0) is 29.9 Å². The quantitative estimate of drug-likeness (QED) is 0.401. The molecule has 2 aromatic carbocycles. The fourth-order valence-corrected chi connectivity index (χ4v) is 4.53. The first-order valence-corrected chi connectivity index (χ1v) is 10.8. The van der Waals surface area contributed by atoms with Crippen molar-refractivity contribution in [1.82, 2.24) is 19.8 Å². The van der Waals surface area contributed by atoms with Gasteiger partial charge in [-0.25, -0.2) is 0 Å². The van der Waals surface area contributed by atoms with E-state index in [1.54, 1.807) is 14.2 Å². The largest absolute Gasteiger partial charge is 0.497 e. The molecule has 8 heteroatoms. The van der Waals surface area contributed by atoms with Gasteiger partial charge in [0.1, 0.15) is 16.5 Å². The molecule has 4 rings (SSSR count). The minimum Gasteiger partial charge on any atom is -0.497 e. The molecule has 0 spiro atoms. The summed E-state index contributed by atoms with van der Waals surface area (Å²) in [6.07, 6.45) is 1.04. The average molecular weight is 413 g/mol. The fraction of sp³-hybridized carbons (Fsp3) is 0.250. The van der Waals surface area contributed by atoms with E-state index in [1.165, 1.54) is 16.9 Å². The van der Waals surface area contributed by atoms with Gasteiger partial charge < -0.3 is 9.47 Å². The standard InChI is InChI=1S/C20H20N4O2S2/c1-25-16-10-15(11-17(12-16)26-2)19-23-24-18(21-22-20(24)28-19)13-27-9-8-14-6-4-3-5-7-14/h3-7,10-12H,8-9,13H2,1-2H3. The first-order chi connectivity index (χ1) is 13.8. The van der Waals surface area contributed by atoms with Crippen LogP contribution in [0.15, 0.2) is 48.5 Å². The second-order valence-electron chi connectivity index (χ2n) is 6.11. The molecule has 0 aliphatic rings. The van der Waals surface area contributed by atoms with Gasteiger partial charge in [0.2, 0.25) is 4.96 Å². The molecule has 0 saturated heterocycles. The third kappa shape index (κ3) is 4.13. The summed E-state index contributed by atoms with van der Waals surface area (Å²) in [6, 6.07) is 16.2. The molecule has 0 amide bonds. The van der Waals surface area contributed by atoms with E-state index in [-0.39, 0.29) is 0 Å². The van der Waals surface area contributed by atoms with E-state index in [4.69, 9.17) is 14.6 Å². The molecule has 0 saturated carbocycles. The van der Waals surface area contributed by atoms with E-state index in [9.17, 15) is 0 Å². The summed E-state index contributed by atoms with van der Waals surface area (Å²) in [5, 5.41) is 14.1. The minimum atomic E-state index is 0.733. The summed E-state index contributed by atoms with van der Waals surface area (Å²) in [4.78, 5) is 0.787. The Morgan fingerprint density at radius 3 is 2.46 bits per heavy atom. The van der Waals surface area contributed by atoms with Crippen LogP contribution in [0.25, 0.3) is 15.5 Å².